The van der Waals surface area contributed by atoms with E-state index < -0.39 is 11.6 Å². The highest BCUT2D eigenvalue weighted by Crippen LogP contribution is 2.24. The molecule has 1 aromatic carbocycles. The van der Waals surface area contributed by atoms with Crippen molar-refractivity contribution in [3.63, 3.8) is 0 Å². The van der Waals surface area contributed by atoms with Gasteiger partial charge in [0, 0.05) is 12.6 Å². The first-order chi connectivity index (χ1) is 11.6. The summed E-state index contributed by atoms with van der Waals surface area (Å²) in [5, 5.41) is 11.4. The molecule has 0 aliphatic rings. The summed E-state index contributed by atoms with van der Waals surface area (Å²) in [4.78, 5) is 16.1. The van der Waals surface area contributed by atoms with E-state index in [9.17, 15) is 13.6 Å². The van der Waals surface area contributed by atoms with Gasteiger partial charge < -0.3 is 5.32 Å². The van der Waals surface area contributed by atoms with Crippen LogP contribution in [0.3, 0.4) is 0 Å². The highest BCUT2D eigenvalue weighted by Gasteiger charge is 2.12. The molecule has 0 saturated carbocycles. The Hall–Kier alpha value is -2.74. The van der Waals surface area contributed by atoms with Crippen LogP contribution < -0.4 is 5.32 Å². The van der Waals surface area contributed by atoms with Crippen LogP contribution in [0, 0.1) is 11.6 Å². The van der Waals surface area contributed by atoms with E-state index in [1.807, 2.05) is 6.07 Å². The number of aromatic nitrogens is 3. The van der Waals surface area contributed by atoms with Gasteiger partial charge in [-0.25, -0.2) is 8.78 Å². The molecule has 1 N–H and O–H groups in total. The molecular weight excluding hydrogens is 334 g/mol. The summed E-state index contributed by atoms with van der Waals surface area (Å²) in [7, 11) is 0. The maximum atomic E-state index is 13.5. The topological polar surface area (TPSA) is 67.8 Å². The molecule has 0 aliphatic heterocycles. The number of carbonyl (C=O) groups is 1. The van der Waals surface area contributed by atoms with Gasteiger partial charge in [0.05, 0.1) is 0 Å². The number of nitrogens with zero attached hydrogens (tertiary/aromatic N) is 3. The lowest BCUT2D eigenvalue weighted by molar-refractivity contribution is -0.116. The van der Waals surface area contributed by atoms with Gasteiger partial charge in [0.2, 0.25) is 11.0 Å². The molecule has 0 unspecified atom stereocenters. The summed E-state index contributed by atoms with van der Waals surface area (Å²) >= 11 is 1.19. The first-order valence-corrected chi connectivity index (χ1v) is 7.93. The Labute approximate surface area is 140 Å². The highest BCUT2D eigenvalue weighted by molar-refractivity contribution is 7.18. The number of pyridine rings is 1. The maximum Gasteiger partial charge on any atom is 0.226 e. The Balaban J connectivity index is 1.59. The lowest BCUT2D eigenvalue weighted by Crippen LogP contribution is -2.12. The zero-order chi connectivity index (χ0) is 16.9. The zero-order valence-electron chi connectivity index (χ0n) is 12.4. The average Bonchev–Trinajstić information content (AvgIpc) is 3.05. The van der Waals surface area contributed by atoms with Crippen LogP contribution >= 0.6 is 11.3 Å². The molecule has 8 heteroatoms. The number of hydrogen-bond acceptors (Lipinski definition) is 5. The quantitative estimate of drug-likeness (QED) is 0.768. The number of halogens is 2. The van der Waals surface area contributed by atoms with Crippen LogP contribution in [-0.4, -0.2) is 21.1 Å². The van der Waals surface area contributed by atoms with Gasteiger partial charge in [0.25, 0.3) is 0 Å². The third kappa shape index (κ3) is 3.77. The minimum absolute atomic E-state index is 0.0128. The minimum Gasteiger partial charge on any atom is -0.301 e. The van der Waals surface area contributed by atoms with Crippen LogP contribution in [-0.2, 0) is 11.2 Å². The van der Waals surface area contributed by atoms with E-state index in [4.69, 9.17) is 0 Å². The lowest BCUT2D eigenvalue weighted by Gasteiger charge is -2.03. The number of aryl methyl sites for hydroxylation is 1. The maximum absolute atomic E-state index is 13.5. The zero-order valence-corrected chi connectivity index (χ0v) is 13.2. The predicted molar refractivity (Wildman–Crippen MR) is 86.4 cm³/mol. The number of nitrogens with one attached hydrogen (secondary N) is 1. The lowest BCUT2D eigenvalue weighted by atomic mass is 10.1. The number of rotatable bonds is 5. The molecular formula is C16H12F2N4OS. The van der Waals surface area contributed by atoms with Gasteiger partial charge in [0.15, 0.2) is 16.6 Å². The summed E-state index contributed by atoms with van der Waals surface area (Å²) < 4.78 is 26.7. The van der Waals surface area contributed by atoms with Crippen molar-refractivity contribution in [1.29, 1.82) is 0 Å². The molecule has 0 radical (unpaired) electrons. The largest absolute Gasteiger partial charge is 0.301 e. The molecule has 0 spiro atoms. The van der Waals surface area contributed by atoms with Gasteiger partial charge in [-0.15, -0.1) is 10.2 Å². The Kier molecular flexibility index (Phi) is 4.85. The second-order valence-corrected chi connectivity index (χ2v) is 5.87. The molecule has 24 heavy (non-hydrogen) atoms. The SMILES string of the molecule is O=C(CCc1cccc(F)c1F)Nc1nnc(-c2ccccn2)s1. The molecule has 0 saturated heterocycles. The third-order valence-electron chi connectivity index (χ3n) is 3.21. The second-order valence-electron chi connectivity index (χ2n) is 4.89. The van der Waals surface area contributed by atoms with E-state index in [0.29, 0.717) is 15.8 Å². The first-order valence-electron chi connectivity index (χ1n) is 7.11. The van der Waals surface area contributed by atoms with E-state index in [0.717, 1.165) is 6.07 Å². The van der Waals surface area contributed by atoms with E-state index in [1.54, 1.807) is 18.3 Å². The van der Waals surface area contributed by atoms with Crippen LogP contribution in [0.25, 0.3) is 10.7 Å². The molecule has 1 amide bonds. The van der Waals surface area contributed by atoms with Crippen molar-refractivity contribution < 1.29 is 13.6 Å². The van der Waals surface area contributed by atoms with Gasteiger partial charge in [-0.05, 0) is 30.2 Å². The summed E-state index contributed by atoms with van der Waals surface area (Å²) in [5.41, 5.74) is 0.828. The van der Waals surface area contributed by atoms with E-state index >= 15 is 0 Å². The van der Waals surface area contributed by atoms with Crippen LogP contribution in [0.15, 0.2) is 42.6 Å². The molecule has 0 fully saturated rings. The highest BCUT2D eigenvalue weighted by atomic mass is 32.1. The fourth-order valence-electron chi connectivity index (χ4n) is 2.04. The van der Waals surface area contributed by atoms with Gasteiger partial charge in [-0.2, -0.15) is 0 Å². The van der Waals surface area contributed by atoms with Crippen molar-refractivity contribution in [3.05, 3.63) is 59.8 Å². The van der Waals surface area contributed by atoms with Crippen LogP contribution in [0.1, 0.15) is 12.0 Å². The van der Waals surface area contributed by atoms with Crippen LogP contribution in [0.2, 0.25) is 0 Å². The van der Waals surface area contributed by atoms with Crippen molar-refractivity contribution >= 4 is 22.4 Å². The Bertz CT molecular complexity index is 854. The van der Waals surface area contributed by atoms with Crippen molar-refractivity contribution in [1.82, 2.24) is 15.2 Å². The molecule has 3 rings (SSSR count). The van der Waals surface area contributed by atoms with Gasteiger partial charge in [0.1, 0.15) is 5.69 Å². The molecule has 5 nitrogen and oxygen atoms in total. The van der Waals surface area contributed by atoms with Crippen molar-refractivity contribution in [3.8, 4) is 10.7 Å². The second kappa shape index (κ2) is 7.22. The number of carbonyl (C=O) groups excluding carboxylic acids is 1. The third-order valence-corrected chi connectivity index (χ3v) is 4.07. The van der Waals surface area contributed by atoms with Crippen LogP contribution in [0.5, 0.6) is 0 Å². The van der Waals surface area contributed by atoms with Gasteiger partial charge in [-0.3, -0.25) is 9.78 Å². The fourth-order valence-corrected chi connectivity index (χ4v) is 2.77. The summed E-state index contributed by atoms with van der Waals surface area (Å²) in [6.45, 7) is 0. The summed E-state index contributed by atoms with van der Waals surface area (Å²) in [6.07, 6.45) is 1.75. The smallest absolute Gasteiger partial charge is 0.226 e. The Morgan fingerprint density at radius 3 is 2.79 bits per heavy atom. The molecule has 0 aliphatic carbocycles. The predicted octanol–water partition coefficient (Wildman–Crippen LogP) is 3.45. The number of benzene rings is 1. The molecule has 122 valence electrons. The first kappa shape index (κ1) is 16.1. The number of anilines is 1. The van der Waals surface area contributed by atoms with Crippen molar-refractivity contribution in [2.45, 2.75) is 12.8 Å². The van der Waals surface area contributed by atoms with E-state index in [-0.39, 0.29) is 24.3 Å². The Morgan fingerprint density at radius 2 is 2.00 bits per heavy atom. The average molecular weight is 346 g/mol. The molecule has 0 bridgehead atoms. The van der Waals surface area contributed by atoms with E-state index in [2.05, 4.69) is 20.5 Å². The summed E-state index contributed by atoms with van der Waals surface area (Å²) in [5.74, 6) is -2.18. The van der Waals surface area contributed by atoms with Gasteiger partial charge in [-0.1, -0.05) is 29.5 Å². The summed E-state index contributed by atoms with van der Waals surface area (Å²) in [6, 6.07) is 9.32. The fraction of sp³-hybridized carbons (Fsp3) is 0.125. The minimum atomic E-state index is -0.919. The van der Waals surface area contributed by atoms with Crippen LogP contribution in [0.4, 0.5) is 13.9 Å². The number of amides is 1. The monoisotopic (exact) mass is 346 g/mol. The standard InChI is InChI=1S/C16H12F2N4OS/c17-11-5-3-4-10(14(11)18)7-8-13(23)20-16-22-21-15(24-16)12-6-1-2-9-19-12/h1-6,9H,7-8H2,(H,20,22,23). The van der Waals surface area contributed by atoms with Crippen molar-refractivity contribution in [2.75, 3.05) is 5.32 Å². The van der Waals surface area contributed by atoms with Gasteiger partial charge >= 0.3 is 0 Å². The molecule has 0 atom stereocenters. The molecule has 2 heterocycles. The Morgan fingerprint density at radius 1 is 1.12 bits per heavy atom. The molecule has 3 aromatic rings. The van der Waals surface area contributed by atoms with E-state index in [1.165, 1.54) is 23.5 Å². The normalized spacial score (nSPS) is 10.6. The molecule has 2 aromatic heterocycles. The number of hydrogen-bond donors (Lipinski definition) is 1. The van der Waals surface area contributed by atoms with Crippen molar-refractivity contribution in [2.24, 2.45) is 0 Å².